The van der Waals surface area contributed by atoms with Crippen molar-refractivity contribution < 1.29 is 9.47 Å². The van der Waals surface area contributed by atoms with Gasteiger partial charge in [0.15, 0.2) is 0 Å². The fraction of sp³-hybridized carbons (Fsp3) is 0.625. The quantitative estimate of drug-likeness (QED) is 0.659. The first-order chi connectivity index (χ1) is 9.22. The van der Waals surface area contributed by atoms with Gasteiger partial charge >= 0.3 is 0 Å². The summed E-state index contributed by atoms with van der Waals surface area (Å²) >= 11 is 0. The van der Waals surface area contributed by atoms with Crippen LogP contribution in [0.25, 0.3) is 0 Å². The van der Waals surface area contributed by atoms with Crippen LogP contribution in [0.3, 0.4) is 0 Å². The summed E-state index contributed by atoms with van der Waals surface area (Å²) in [6.07, 6.45) is 1.14. The van der Waals surface area contributed by atoms with Crippen molar-refractivity contribution in [2.75, 3.05) is 26.4 Å². The van der Waals surface area contributed by atoms with Gasteiger partial charge in [0.2, 0.25) is 0 Å². The van der Waals surface area contributed by atoms with Gasteiger partial charge in [-0.05, 0) is 37.0 Å². The van der Waals surface area contributed by atoms with Crippen molar-refractivity contribution in [2.24, 2.45) is 5.92 Å². The molecule has 0 aliphatic carbocycles. The number of benzene rings is 1. The van der Waals surface area contributed by atoms with E-state index in [0.29, 0.717) is 12.5 Å². The Morgan fingerprint density at radius 3 is 2.79 bits per heavy atom. The van der Waals surface area contributed by atoms with Crippen LogP contribution in [-0.4, -0.2) is 26.4 Å². The summed E-state index contributed by atoms with van der Waals surface area (Å²) in [6.45, 7) is 10.5. The molecule has 3 nitrogen and oxygen atoms in total. The molecule has 0 aliphatic rings. The molecule has 3 heteroatoms. The van der Waals surface area contributed by atoms with Crippen LogP contribution in [0.5, 0.6) is 5.75 Å². The topological polar surface area (TPSA) is 30.5 Å². The van der Waals surface area contributed by atoms with Gasteiger partial charge in [0.05, 0.1) is 13.2 Å². The zero-order chi connectivity index (χ0) is 13.9. The first kappa shape index (κ1) is 16.0. The van der Waals surface area contributed by atoms with Gasteiger partial charge in [0.1, 0.15) is 5.75 Å². The largest absolute Gasteiger partial charge is 0.494 e. The molecule has 0 fully saturated rings. The van der Waals surface area contributed by atoms with Crippen LogP contribution in [-0.2, 0) is 11.3 Å². The number of hydrogen-bond acceptors (Lipinski definition) is 3. The van der Waals surface area contributed by atoms with Gasteiger partial charge in [0, 0.05) is 19.7 Å². The minimum atomic E-state index is 0.709. The normalized spacial score (nSPS) is 10.9. The standard InChI is InChI=1S/C16H27NO2/c1-4-19-16-7-5-6-15(12-16)13-17-9-11-18-10-8-14(2)3/h5-7,12,14,17H,4,8-11,13H2,1-3H3. The second-order valence-electron chi connectivity index (χ2n) is 5.05. The summed E-state index contributed by atoms with van der Waals surface area (Å²) in [5, 5.41) is 3.38. The molecule has 108 valence electrons. The molecule has 1 rings (SSSR count). The van der Waals surface area contributed by atoms with Crippen molar-refractivity contribution in [3.05, 3.63) is 29.8 Å². The van der Waals surface area contributed by atoms with Crippen LogP contribution in [0, 0.1) is 5.92 Å². The molecule has 1 aromatic rings. The lowest BCUT2D eigenvalue weighted by Gasteiger charge is -2.09. The first-order valence-electron chi connectivity index (χ1n) is 7.22. The maximum absolute atomic E-state index is 5.56. The highest BCUT2D eigenvalue weighted by Gasteiger charge is 1.97. The van der Waals surface area contributed by atoms with E-state index in [1.165, 1.54) is 5.56 Å². The molecule has 0 spiro atoms. The number of rotatable bonds is 10. The van der Waals surface area contributed by atoms with Gasteiger partial charge in [-0.3, -0.25) is 0 Å². The molecule has 0 bridgehead atoms. The highest BCUT2D eigenvalue weighted by atomic mass is 16.5. The van der Waals surface area contributed by atoms with Crippen molar-refractivity contribution >= 4 is 0 Å². The highest BCUT2D eigenvalue weighted by molar-refractivity contribution is 5.28. The molecule has 0 atom stereocenters. The molecule has 0 heterocycles. The summed E-state index contributed by atoms with van der Waals surface area (Å²) < 4.78 is 11.0. The van der Waals surface area contributed by atoms with E-state index in [4.69, 9.17) is 9.47 Å². The molecule has 0 aliphatic heterocycles. The van der Waals surface area contributed by atoms with E-state index in [-0.39, 0.29) is 0 Å². The Labute approximate surface area is 117 Å². The molecule has 19 heavy (non-hydrogen) atoms. The van der Waals surface area contributed by atoms with E-state index in [1.807, 2.05) is 19.1 Å². The first-order valence-corrected chi connectivity index (χ1v) is 7.22. The zero-order valence-electron chi connectivity index (χ0n) is 12.4. The van der Waals surface area contributed by atoms with E-state index in [9.17, 15) is 0 Å². The Hall–Kier alpha value is -1.06. The van der Waals surface area contributed by atoms with E-state index in [2.05, 4.69) is 31.3 Å². The van der Waals surface area contributed by atoms with Crippen LogP contribution < -0.4 is 10.1 Å². The molecule has 1 N–H and O–H groups in total. The van der Waals surface area contributed by atoms with Gasteiger partial charge in [-0.25, -0.2) is 0 Å². The predicted octanol–water partition coefficient (Wildman–Crippen LogP) is 3.24. The summed E-state index contributed by atoms with van der Waals surface area (Å²) in [7, 11) is 0. The summed E-state index contributed by atoms with van der Waals surface area (Å²) in [4.78, 5) is 0. The fourth-order valence-corrected chi connectivity index (χ4v) is 1.71. The van der Waals surface area contributed by atoms with E-state index in [1.54, 1.807) is 0 Å². The third kappa shape index (κ3) is 7.85. The van der Waals surface area contributed by atoms with Gasteiger partial charge < -0.3 is 14.8 Å². The molecule has 0 unspecified atom stereocenters. The van der Waals surface area contributed by atoms with Crippen LogP contribution in [0.2, 0.25) is 0 Å². The van der Waals surface area contributed by atoms with Crippen molar-refractivity contribution in [2.45, 2.75) is 33.7 Å². The Bertz CT molecular complexity index is 339. The number of ether oxygens (including phenoxy) is 2. The Morgan fingerprint density at radius 1 is 1.21 bits per heavy atom. The van der Waals surface area contributed by atoms with Crippen molar-refractivity contribution in [3.8, 4) is 5.75 Å². The Morgan fingerprint density at radius 2 is 2.05 bits per heavy atom. The molecule has 0 aromatic heterocycles. The van der Waals surface area contributed by atoms with Gasteiger partial charge in [-0.1, -0.05) is 26.0 Å². The molecule has 0 saturated carbocycles. The molecule has 1 aromatic carbocycles. The highest BCUT2D eigenvalue weighted by Crippen LogP contribution is 2.12. The fourth-order valence-electron chi connectivity index (χ4n) is 1.71. The monoisotopic (exact) mass is 265 g/mol. The maximum atomic E-state index is 5.56. The molecule has 0 saturated heterocycles. The summed E-state index contributed by atoms with van der Waals surface area (Å²) in [5.41, 5.74) is 1.24. The lowest BCUT2D eigenvalue weighted by molar-refractivity contribution is 0.125. The van der Waals surface area contributed by atoms with Gasteiger partial charge in [-0.15, -0.1) is 0 Å². The summed E-state index contributed by atoms with van der Waals surface area (Å²) in [5.74, 6) is 1.66. The molecular weight excluding hydrogens is 238 g/mol. The number of hydrogen-bond donors (Lipinski definition) is 1. The van der Waals surface area contributed by atoms with Crippen LogP contribution in [0.4, 0.5) is 0 Å². The van der Waals surface area contributed by atoms with Gasteiger partial charge in [0.25, 0.3) is 0 Å². The maximum Gasteiger partial charge on any atom is 0.119 e. The number of nitrogens with one attached hydrogen (secondary N) is 1. The SMILES string of the molecule is CCOc1cccc(CNCCOCCC(C)C)c1. The predicted molar refractivity (Wildman–Crippen MR) is 79.6 cm³/mol. The average Bonchev–Trinajstić information content (AvgIpc) is 2.38. The average molecular weight is 265 g/mol. The minimum absolute atomic E-state index is 0.709. The Kier molecular flexibility index (Phi) is 8.26. The summed E-state index contributed by atoms with van der Waals surface area (Å²) in [6, 6.07) is 8.20. The lowest BCUT2D eigenvalue weighted by atomic mass is 10.1. The molecule has 0 radical (unpaired) electrons. The van der Waals surface area contributed by atoms with Crippen LogP contribution >= 0.6 is 0 Å². The smallest absolute Gasteiger partial charge is 0.119 e. The van der Waals surface area contributed by atoms with Crippen molar-refractivity contribution in [1.29, 1.82) is 0 Å². The van der Waals surface area contributed by atoms with E-state index >= 15 is 0 Å². The zero-order valence-corrected chi connectivity index (χ0v) is 12.4. The second-order valence-corrected chi connectivity index (χ2v) is 5.05. The van der Waals surface area contributed by atoms with E-state index < -0.39 is 0 Å². The molecular formula is C16H27NO2. The minimum Gasteiger partial charge on any atom is -0.494 e. The second kappa shape index (κ2) is 9.82. The third-order valence-electron chi connectivity index (χ3n) is 2.80. The van der Waals surface area contributed by atoms with Crippen LogP contribution in [0.15, 0.2) is 24.3 Å². The third-order valence-corrected chi connectivity index (χ3v) is 2.80. The Balaban J connectivity index is 2.10. The van der Waals surface area contributed by atoms with E-state index in [0.717, 1.165) is 38.5 Å². The van der Waals surface area contributed by atoms with Gasteiger partial charge in [-0.2, -0.15) is 0 Å². The van der Waals surface area contributed by atoms with Crippen LogP contribution in [0.1, 0.15) is 32.8 Å². The lowest BCUT2D eigenvalue weighted by Crippen LogP contribution is -2.19. The molecule has 0 amide bonds. The van der Waals surface area contributed by atoms with Crippen molar-refractivity contribution in [1.82, 2.24) is 5.32 Å². The van der Waals surface area contributed by atoms with Crippen molar-refractivity contribution in [3.63, 3.8) is 0 Å².